The Morgan fingerprint density at radius 1 is 1.09 bits per heavy atom. The first-order chi connectivity index (χ1) is 10.6. The van der Waals surface area contributed by atoms with E-state index >= 15 is 0 Å². The molecular formula is C16H12Cl3NOS. The number of carbonyl (C=O) groups excluding carboxylic acids is 1. The van der Waals surface area contributed by atoms with Gasteiger partial charge in [-0.3, -0.25) is 4.79 Å². The summed E-state index contributed by atoms with van der Waals surface area (Å²) < 4.78 is 0. The monoisotopic (exact) mass is 371 g/mol. The maximum Gasteiger partial charge on any atom is 0.255 e. The first-order valence-corrected chi connectivity index (χ1v) is 8.87. The molecule has 1 saturated heterocycles. The summed E-state index contributed by atoms with van der Waals surface area (Å²) in [6, 6.07) is 12.4. The van der Waals surface area contributed by atoms with Crippen LogP contribution in [0.2, 0.25) is 15.1 Å². The van der Waals surface area contributed by atoms with Crippen LogP contribution in [-0.4, -0.2) is 23.1 Å². The quantitative estimate of drug-likeness (QED) is 0.690. The van der Waals surface area contributed by atoms with Crippen molar-refractivity contribution in [3.05, 3.63) is 68.7 Å². The first kappa shape index (κ1) is 16.0. The fraction of sp³-hybridized carbons (Fsp3) is 0.188. The Kier molecular flexibility index (Phi) is 4.88. The fourth-order valence-corrected chi connectivity index (χ4v) is 4.48. The molecule has 3 rings (SSSR count). The molecular weight excluding hydrogens is 361 g/mol. The van der Waals surface area contributed by atoms with Gasteiger partial charge in [0.25, 0.3) is 5.91 Å². The minimum absolute atomic E-state index is 0.0384. The number of amides is 1. The van der Waals surface area contributed by atoms with Crippen molar-refractivity contribution in [3.8, 4) is 0 Å². The summed E-state index contributed by atoms with van der Waals surface area (Å²) in [7, 11) is 0. The molecule has 1 aliphatic heterocycles. The minimum atomic E-state index is -0.101. The predicted octanol–water partition coefficient (Wildman–Crippen LogP) is 5.53. The van der Waals surface area contributed by atoms with Gasteiger partial charge in [-0.2, -0.15) is 0 Å². The number of rotatable bonds is 2. The van der Waals surface area contributed by atoms with E-state index in [1.807, 2.05) is 11.0 Å². The van der Waals surface area contributed by atoms with Crippen molar-refractivity contribution < 1.29 is 4.79 Å². The molecule has 1 atom stereocenters. The van der Waals surface area contributed by atoms with E-state index in [2.05, 4.69) is 0 Å². The van der Waals surface area contributed by atoms with Gasteiger partial charge >= 0.3 is 0 Å². The van der Waals surface area contributed by atoms with Gasteiger partial charge in [0, 0.05) is 38.5 Å². The van der Waals surface area contributed by atoms with Crippen molar-refractivity contribution in [1.29, 1.82) is 0 Å². The Balaban J connectivity index is 1.91. The Bertz CT molecular complexity index is 722. The molecule has 1 heterocycles. The molecule has 2 aromatic rings. The van der Waals surface area contributed by atoms with Gasteiger partial charge in [-0.1, -0.05) is 46.9 Å². The molecule has 1 aliphatic rings. The van der Waals surface area contributed by atoms with Crippen molar-refractivity contribution in [1.82, 2.24) is 4.90 Å². The van der Waals surface area contributed by atoms with E-state index in [1.165, 1.54) is 0 Å². The van der Waals surface area contributed by atoms with Crippen LogP contribution in [0.5, 0.6) is 0 Å². The van der Waals surface area contributed by atoms with Crippen LogP contribution in [0.25, 0.3) is 0 Å². The molecule has 1 unspecified atom stereocenters. The van der Waals surface area contributed by atoms with Crippen LogP contribution in [-0.2, 0) is 0 Å². The molecule has 6 heteroatoms. The summed E-state index contributed by atoms with van der Waals surface area (Å²) in [5, 5.41) is 1.62. The number of nitrogens with zero attached hydrogens (tertiary/aromatic N) is 1. The topological polar surface area (TPSA) is 20.3 Å². The van der Waals surface area contributed by atoms with E-state index in [9.17, 15) is 4.79 Å². The molecule has 1 amide bonds. The van der Waals surface area contributed by atoms with Gasteiger partial charge in [0.2, 0.25) is 0 Å². The van der Waals surface area contributed by atoms with E-state index in [-0.39, 0.29) is 11.3 Å². The third-order valence-corrected chi connectivity index (χ3v) is 5.49. The number of halogens is 3. The maximum absolute atomic E-state index is 12.7. The van der Waals surface area contributed by atoms with Gasteiger partial charge in [-0.25, -0.2) is 0 Å². The zero-order chi connectivity index (χ0) is 15.7. The molecule has 1 fully saturated rings. The van der Waals surface area contributed by atoms with Gasteiger partial charge in [0.05, 0.1) is 0 Å². The highest BCUT2D eigenvalue weighted by molar-refractivity contribution is 7.99. The molecule has 0 spiro atoms. The van der Waals surface area contributed by atoms with Crippen molar-refractivity contribution in [3.63, 3.8) is 0 Å². The average molecular weight is 373 g/mol. The van der Waals surface area contributed by atoms with Crippen LogP contribution < -0.4 is 0 Å². The van der Waals surface area contributed by atoms with Gasteiger partial charge in [0.1, 0.15) is 5.37 Å². The Hall–Kier alpha value is -0.870. The molecule has 2 aromatic carbocycles. The van der Waals surface area contributed by atoms with E-state index < -0.39 is 0 Å². The smallest absolute Gasteiger partial charge is 0.255 e. The molecule has 0 radical (unpaired) electrons. The minimum Gasteiger partial charge on any atom is -0.322 e. The third-order valence-electron chi connectivity index (χ3n) is 3.45. The summed E-state index contributed by atoms with van der Waals surface area (Å²) in [6.45, 7) is 0.680. The second-order valence-corrected chi connectivity index (χ2v) is 7.37. The molecule has 0 saturated carbocycles. The van der Waals surface area contributed by atoms with Crippen LogP contribution in [0.15, 0.2) is 42.5 Å². The summed E-state index contributed by atoms with van der Waals surface area (Å²) in [5.74, 6) is 0.833. The number of thioether (sulfide) groups is 1. The fourth-order valence-electron chi connectivity index (χ4n) is 2.42. The molecule has 22 heavy (non-hydrogen) atoms. The molecule has 2 nitrogen and oxygen atoms in total. The summed E-state index contributed by atoms with van der Waals surface area (Å²) in [6.07, 6.45) is 0. The number of benzene rings is 2. The highest BCUT2D eigenvalue weighted by Crippen LogP contribution is 2.42. The second-order valence-electron chi connectivity index (χ2n) is 4.90. The van der Waals surface area contributed by atoms with E-state index in [0.717, 1.165) is 11.3 Å². The third kappa shape index (κ3) is 3.23. The summed E-state index contributed by atoms with van der Waals surface area (Å²) >= 11 is 19.9. The SMILES string of the molecule is O=C(c1cccc(Cl)c1)N1CCSC1c1ccc(Cl)cc1Cl. The standard InChI is InChI=1S/C16H12Cl3NOS/c17-11-3-1-2-10(8-11)15(21)20-6-7-22-16(20)13-5-4-12(18)9-14(13)19/h1-5,8-9,16H,6-7H2. The van der Waals surface area contributed by atoms with E-state index in [1.54, 1.807) is 48.2 Å². The molecule has 0 aliphatic carbocycles. The van der Waals surface area contributed by atoms with E-state index in [0.29, 0.717) is 27.2 Å². The number of carbonyl (C=O) groups is 1. The largest absolute Gasteiger partial charge is 0.322 e. The number of hydrogen-bond acceptors (Lipinski definition) is 2. The number of hydrogen-bond donors (Lipinski definition) is 0. The lowest BCUT2D eigenvalue weighted by Crippen LogP contribution is -2.30. The van der Waals surface area contributed by atoms with Crippen molar-refractivity contribution >= 4 is 52.5 Å². The Morgan fingerprint density at radius 3 is 2.59 bits per heavy atom. The van der Waals surface area contributed by atoms with Crippen molar-refractivity contribution in [2.75, 3.05) is 12.3 Å². The summed E-state index contributed by atoms with van der Waals surface area (Å²) in [4.78, 5) is 14.6. The highest BCUT2D eigenvalue weighted by atomic mass is 35.5. The zero-order valence-corrected chi connectivity index (χ0v) is 14.5. The summed E-state index contributed by atoms with van der Waals surface area (Å²) in [5.41, 5.74) is 1.49. The molecule has 0 aromatic heterocycles. The van der Waals surface area contributed by atoms with E-state index in [4.69, 9.17) is 34.8 Å². The van der Waals surface area contributed by atoms with Gasteiger partial charge < -0.3 is 4.90 Å². The van der Waals surface area contributed by atoms with Crippen LogP contribution in [0.1, 0.15) is 21.3 Å². The zero-order valence-electron chi connectivity index (χ0n) is 11.4. The lowest BCUT2D eigenvalue weighted by molar-refractivity contribution is 0.0760. The average Bonchev–Trinajstić information content (AvgIpc) is 2.95. The van der Waals surface area contributed by atoms with Crippen LogP contribution in [0.3, 0.4) is 0 Å². The Labute approximate surface area is 148 Å². The maximum atomic E-state index is 12.7. The van der Waals surface area contributed by atoms with Crippen LogP contribution >= 0.6 is 46.6 Å². The predicted molar refractivity (Wildman–Crippen MR) is 94.1 cm³/mol. The first-order valence-electron chi connectivity index (χ1n) is 6.69. The van der Waals surface area contributed by atoms with Crippen LogP contribution in [0, 0.1) is 0 Å². The Morgan fingerprint density at radius 2 is 1.86 bits per heavy atom. The van der Waals surface area contributed by atoms with Gasteiger partial charge in [-0.15, -0.1) is 11.8 Å². The normalized spacial score (nSPS) is 17.8. The molecule has 0 bridgehead atoms. The van der Waals surface area contributed by atoms with Gasteiger partial charge in [0.15, 0.2) is 0 Å². The lowest BCUT2D eigenvalue weighted by atomic mass is 10.1. The lowest BCUT2D eigenvalue weighted by Gasteiger charge is -2.25. The van der Waals surface area contributed by atoms with Crippen LogP contribution in [0.4, 0.5) is 0 Å². The second kappa shape index (κ2) is 6.71. The molecule has 0 N–H and O–H groups in total. The van der Waals surface area contributed by atoms with Crippen molar-refractivity contribution in [2.24, 2.45) is 0 Å². The highest BCUT2D eigenvalue weighted by Gasteiger charge is 2.32. The van der Waals surface area contributed by atoms with Gasteiger partial charge in [-0.05, 0) is 30.3 Å². The molecule has 114 valence electrons. The van der Waals surface area contributed by atoms with Crippen molar-refractivity contribution in [2.45, 2.75) is 5.37 Å².